The van der Waals surface area contributed by atoms with Gasteiger partial charge in [0, 0.05) is 6.61 Å². The smallest absolute Gasteiger partial charge is 0.335 e. The number of para-hydroxylation sites is 1. The van der Waals surface area contributed by atoms with Crippen LogP contribution in [0.3, 0.4) is 0 Å². The predicted octanol–water partition coefficient (Wildman–Crippen LogP) is 3.61. The van der Waals surface area contributed by atoms with E-state index < -0.39 is 6.10 Å². The van der Waals surface area contributed by atoms with E-state index in [0.29, 0.717) is 32.8 Å². The minimum Gasteiger partial charge on any atom is -0.491 e. The Labute approximate surface area is 145 Å². The molecule has 1 atom stereocenters. The molecule has 0 aliphatic rings. The minimum absolute atomic E-state index is 0.238. The van der Waals surface area contributed by atoms with Crippen molar-refractivity contribution in [2.75, 3.05) is 33.0 Å². The third-order valence-electron chi connectivity index (χ3n) is 3.41. The fourth-order valence-corrected chi connectivity index (χ4v) is 2.18. The van der Waals surface area contributed by atoms with Crippen molar-refractivity contribution < 1.29 is 23.7 Å². The normalized spacial score (nSPS) is 11.9. The van der Waals surface area contributed by atoms with Crippen molar-refractivity contribution >= 4 is 5.97 Å². The first-order valence-corrected chi connectivity index (χ1v) is 8.81. The van der Waals surface area contributed by atoms with Crippen molar-refractivity contribution in [3.05, 3.63) is 30.3 Å². The maximum atomic E-state index is 12.0. The molecule has 0 saturated heterocycles. The largest absolute Gasteiger partial charge is 0.491 e. The molecule has 24 heavy (non-hydrogen) atoms. The van der Waals surface area contributed by atoms with Gasteiger partial charge in [-0.1, -0.05) is 44.4 Å². The van der Waals surface area contributed by atoms with Crippen molar-refractivity contribution in [2.24, 2.45) is 0 Å². The third kappa shape index (κ3) is 9.53. The molecule has 5 nitrogen and oxygen atoms in total. The van der Waals surface area contributed by atoms with Gasteiger partial charge in [-0.15, -0.1) is 0 Å². The van der Waals surface area contributed by atoms with Gasteiger partial charge in [0.2, 0.25) is 0 Å². The summed E-state index contributed by atoms with van der Waals surface area (Å²) in [6.07, 6.45) is 3.45. The molecule has 1 aromatic rings. The van der Waals surface area contributed by atoms with E-state index in [-0.39, 0.29) is 12.6 Å². The molecule has 0 N–H and O–H groups in total. The van der Waals surface area contributed by atoms with Gasteiger partial charge < -0.3 is 18.9 Å². The second kappa shape index (κ2) is 13.8. The summed E-state index contributed by atoms with van der Waals surface area (Å²) in [5.74, 6) is 0.524. The van der Waals surface area contributed by atoms with Crippen LogP contribution in [-0.2, 0) is 19.0 Å². The Bertz CT molecular complexity index is 421. The van der Waals surface area contributed by atoms with Gasteiger partial charge in [-0.2, -0.15) is 0 Å². The molecule has 0 heterocycles. The number of carbonyl (C=O) groups is 1. The SMILES string of the molecule is CCCCCC(OCC)C(=O)OCCOCCOc1ccccc1. The number of hydrogen-bond donors (Lipinski definition) is 0. The molecule has 5 heteroatoms. The summed E-state index contributed by atoms with van der Waals surface area (Å²) < 4.78 is 21.6. The van der Waals surface area contributed by atoms with Crippen molar-refractivity contribution in [1.29, 1.82) is 0 Å². The molecule has 0 spiro atoms. The molecule has 1 aromatic carbocycles. The van der Waals surface area contributed by atoms with E-state index >= 15 is 0 Å². The molecule has 1 unspecified atom stereocenters. The minimum atomic E-state index is -0.456. The molecule has 136 valence electrons. The number of rotatable bonds is 14. The standard InChI is InChI=1S/C19H30O5/c1-3-5-7-12-18(22-4-2)19(20)24-16-14-21-13-15-23-17-10-8-6-9-11-17/h6,8-11,18H,3-5,7,12-16H2,1-2H3. The summed E-state index contributed by atoms with van der Waals surface area (Å²) in [4.78, 5) is 12.0. The Morgan fingerprint density at radius 1 is 1.00 bits per heavy atom. The van der Waals surface area contributed by atoms with Gasteiger partial charge in [0.15, 0.2) is 6.10 Å². The summed E-state index contributed by atoms with van der Waals surface area (Å²) in [5, 5.41) is 0. The zero-order valence-corrected chi connectivity index (χ0v) is 14.9. The molecule has 0 radical (unpaired) electrons. The van der Waals surface area contributed by atoms with E-state index in [1.54, 1.807) is 0 Å². The molecule has 0 aliphatic carbocycles. The number of unbranched alkanes of at least 4 members (excludes halogenated alkanes) is 2. The summed E-state index contributed by atoms with van der Waals surface area (Å²) in [7, 11) is 0. The van der Waals surface area contributed by atoms with Crippen molar-refractivity contribution in [2.45, 2.75) is 45.6 Å². The highest BCUT2D eigenvalue weighted by atomic mass is 16.6. The lowest BCUT2D eigenvalue weighted by Crippen LogP contribution is -2.28. The quantitative estimate of drug-likeness (QED) is 0.383. The van der Waals surface area contributed by atoms with Crippen LogP contribution in [0.25, 0.3) is 0 Å². The fourth-order valence-electron chi connectivity index (χ4n) is 2.18. The second-order valence-electron chi connectivity index (χ2n) is 5.38. The zero-order chi connectivity index (χ0) is 17.5. The topological polar surface area (TPSA) is 54.0 Å². The summed E-state index contributed by atoms with van der Waals surface area (Å²) in [6, 6.07) is 9.58. The van der Waals surface area contributed by atoms with Gasteiger partial charge in [-0.25, -0.2) is 4.79 Å². The van der Waals surface area contributed by atoms with Crippen molar-refractivity contribution in [3.8, 4) is 5.75 Å². The Kier molecular flexibility index (Phi) is 11.8. The second-order valence-corrected chi connectivity index (χ2v) is 5.38. The number of benzene rings is 1. The van der Waals surface area contributed by atoms with Gasteiger partial charge in [-0.3, -0.25) is 0 Å². The lowest BCUT2D eigenvalue weighted by Gasteiger charge is -2.16. The lowest BCUT2D eigenvalue weighted by molar-refractivity contribution is -0.159. The van der Waals surface area contributed by atoms with Crippen LogP contribution >= 0.6 is 0 Å². The first-order chi connectivity index (χ1) is 11.8. The summed E-state index contributed by atoms with van der Waals surface area (Å²) in [6.45, 7) is 6.05. The van der Waals surface area contributed by atoms with Crippen LogP contribution in [0, 0.1) is 0 Å². The van der Waals surface area contributed by atoms with Gasteiger partial charge in [0.1, 0.15) is 19.0 Å². The van der Waals surface area contributed by atoms with Crippen molar-refractivity contribution in [1.82, 2.24) is 0 Å². The average Bonchev–Trinajstić information content (AvgIpc) is 2.61. The Morgan fingerprint density at radius 2 is 1.75 bits per heavy atom. The number of carbonyl (C=O) groups excluding carboxylic acids is 1. The van der Waals surface area contributed by atoms with E-state index in [1.807, 2.05) is 37.3 Å². The number of ether oxygens (including phenoxy) is 4. The first-order valence-electron chi connectivity index (χ1n) is 8.81. The van der Waals surface area contributed by atoms with Crippen LogP contribution < -0.4 is 4.74 Å². The molecule has 0 bridgehead atoms. The van der Waals surface area contributed by atoms with Gasteiger partial charge >= 0.3 is 5.97 Å². The summed E-state index contributed by atoms with van der Waals surface area (Å²) >= 11 is 0. The number of hydrogen-bond acceptors (Lipinski definition) is 5. The van der Waals surface area contributed by atoms with Crippen LogP contribution in [0.2, 0.25) is 0 Å². The Morgan fingerprint density at radius 3 is 2.46 bits per heavy atom. The summed E-state index contributed by atoms with van der Waals surface area (Å²) in [5.41, 5.74) is 0. The molecule has 0 fully saturated rings. The van der Waals surface area contributed by atoms with Crippen LogP contribution in [0.15, 0.2) is 30.3 Å². The molecule has 0 saturated carbocycles. The van der Waals surface area contributed by atoms with Crippen LogP contribution in [-0.4, -0.2) is 45.1 Å². The van der Waals surface area contributed by atoms with E-state index in [0.717, 1.165) is 25.0 Å². The average molecular weight is 338 g/mol. The highest BCUT2D eigenvalue weighted by Crippen LogP contribution is 2.09. The monoisotopic (exact) mass is 338 g/mol. The Balaban J connectivity index is 2.06. The maximum absolute atomic E-state index is 12.0. The van der Waals surface area contributed by atoms with Gasteiger partial charge in [0.05, 0.1) is 13.2 Å². The van der Waals surface area contributed by atoms with E-state index in [4.69, 9.17) is 18.9 Å². The molecule has 0 aromatic heterocycles. The van der Waals surface area contributed by atoms with Crippen LogP contribution in [0.1, 0.15) is 39.5 Å². The van der Waals surface area contributed by atoms with E-state index in [9.17, 15) is 4.79 Å². The van der Waals surface area contributed by atoms with Crippen molar-refractivity contribution in [3.63, 3.8) is 0 Å². The van der Waals surface area contributed by atoms with Crippen LogP contribution in [0.5, 0.6) is 5.75 Å². The highest BCUT2D eigenvalue weighted by Gasteiger charge is 2.19. The molecular formula is C19H30O5. The predicted molar refractivity (Wildman–Crippen MR) is 93.3 cm³/mol. The molecule has 1 rings (SSSR count). The molecular weight excluding hydrogens is 308 g/mol. The highest BCUT2D eigenvalue weighted by molar-refractivity contribution is 5.74. The molecule has 0 amide bonds. The molecule has 0 aliphatic heterocycles. The van der Waals surface area contributed by atoms with Gasteiger partial charge in [-0.05, 0) is 25.5 Å². The maximum Gasteiger partial charge on any atom is 0.335 e. The van der Waals surface area contributed by atoms with Gasteiger partial charge in [0.25, 0.3) is 0 Å². The first kappa shape index (κ1) is 20.5. The fraction of sp³-hybridized carbons (Fsp3) is 0.632. The van der Waals surface area contributed by atoms with E-state index in [2.05, 4.69) is 6.92 Å². The van der Waals surface area contributed by atoms with E-state index in [1.165, 1.54) is 0 Å². The lowest BCUT2D eigenvalue weighted by atomic mass is 10.1. The Hall–Kier alpha value is -1.59. The third-order valence-corrected chi connectivity index (χ3v) is 3.41. The zero-order valence-electron chi connectivity index (χ0n) is 14.9. The van der Waals surface area contributed by atoms with Crippen LogP contribution in [0.4, 0.5) is 0 Å². The number of esters is 1.